The van der Waals surface area contributed by atoms with Crippen molar-refractivity contribution in [1.29, 1.82) is 0 Å². The molecule has 0 atom stereocenters. The average molecular weight is 294 g/mol. The van der Waals surface area contributed by atoms with Crippen molar-refractivity contribution in [2.75, 3.05) is 0 Å². The minimum Gasteiger partial charge on any atom is -0.277 e. The highest BCUT2D eigenvalue weighted by Gasteiger charge is 2.15. The zero-order valence-electron chi connectivity index (χ0n) is 12.5. The van der Waals surface area contributed by atoms with E-state index in [1.807, 2.05) is 6.07 Å². The van der Waals surface area contributed by atoms with Gasteiger partial charge in [0, 0.05) is 16.3 Å². The number of benzene rings is 4. The number of fused-ring (bicyclic) bond motifs is 6. The molecule has 0 aliphatic carbocycles. The Labute approximate surface area is 133 Å². The summed E-state index contributed by atoms with van der Waals surface area (Å²) >= 11 is 0. The summed E-state index contributed by atoms with van der Waals surface area (Å²) in [5, 5.41) is 14.1. The van der Waals surface area contributed by atoms with Crippen molar-refractivity contribution in [3.05, 3.63) is 78.9 Å². The van der Waals surface area contributed by atoms with Gasteiger partial charge in [-0.2, -0.15) is 5.10 Å². The van der Waals surface area contributed by atoms with Gasteiger partial charge in [0.1, 0.15) is 5.69 Å². The number of nitrogens with one attached hydrogen (secondary N) is 1. The molecule has 1 aromatic heterocycles. The predicted molar refractivity (Wildman–Crippen MR) is 96.5 cm³/mol. The van der Waals surface area contributed by atoms with Gasteiger partial charge in [-0.05, 0) is 16.2 Å². The van der Waals surface area contributed by atoms with Crippen molar-refractivity contribution in [3.63, 3.8) is 0 Å². The van der Waals surface area contributed by atoms with Gasteiger partial charge >= 0.3 is 0 Å². The van der Waals surface area contributed by atoms with Gasteiger partial charge in [-0.1, -0.05) is 78.9 Å². The summed E-state index contributed by atoms with van der Waals surface area (Å²) in [5.41, 5.74) is 3.26. The van der Waals surface area contributed by atoms with E-state index >= 15 is 0 Å². The van der Waals surface area contributed by atoms with Crippen molar-refractivity contribution in [3.8, 4) is 11.3 Å². The third-order valence-electron chi connectivity index (χ3n) is 4.50. The first-order valence-electron chi connectivity index (χ1n) is 7.76. The Morgan fingerprint density at radius 2 is 1.13 bits per heavy atom. The number of nitrogens with zero attached hydrogens (tertiary/aromatic N) is 1. The summed E-state index contributed by atoms with van der Waals surface area (Å²) < 4.78 is 0. The van der Waals surface area contributed by atoms with E-state index in [9.17, 15) is 0 Å². The lowest BCUT2D eigenvalue weighted by Gasteiger charge is -2.07. The molecule has 0 radical (unpaired) electrons. The first kappa shape index (κ1) is 12.4. The Balaban J connectivity index is 2.06. The fourth-order valence-electron chi connectivity index (χ4n) is 3.48. The van der Waals surface area contributed by atoms with E-state index in [4.69, 9.17) is 0 Å². The Kier molecular flexibility index (Phi) is 2.53. The highest BCUT2D eigenvalue weighted by Crippen LogP contribution is 2.38. The molecule has 0 fully saturated rings. The molecule has 0 saturated carbocycles. The van der Waals surface area contributed by atoms with Gasteiger partial charge in [-0.25, -0.2) is 0 Å². The summed E-state index contributed by atoms with van der Waals surface area (Å²) in [6.07, 6.45) is 0. The molecule has 5 aromatic rings. The highest BCUT2D eigenvalue weighted by molar-refractivity contribution is 6.26. The maximum atomic E-state index is 4.64. The van der Waals surface area contributed by atoms with Crippen molar-refractivity contribution in [2.24, 2.45) is 0 Å². The van der Waals surface area contributed by atoms with Crippen molar-refractivity contribution in [2.45, 2.75) is 0 Å². The molecule has 0 aliphatic rings. The van der Waals surface area contributed by atoms with Crippen molar-refractivity contribution >= 4 is 32.4 Å². The predicted octanol–water partition coefficient (Wildman–Crippen LogP) is 5.54. The fraction of sp³-hybridized carbons (Fsp3) is 0. The maximum absolute atomic E-state index is 4.64. The molecule has 4 aromatic carbocycles. The Morgan fingerprint density at radius 3 is 1.87 bits per heavy atom. The van der Waals surface area contributed by atoms with Crippen molar-refractivity contribution in [1.82, 2.24) is 10.2 Å². The van der Waals surface area contributed by atoms with Crippen LogP contribution >= 0.6 is 0 Å². The molecule has 108 valence electrons. The van der Waals surface area contributed by atoms with Gasteiger partial charge in [-0.3, -0.25) is 5.10 Å². The normalized spacial score (nSPS) is 11.5. The number of rotatable bonds is 1. The van der Waals surface area contributed by atoms with E-state index in [-0.39, 0.29) is 0 Å². The molecule has 0 spiro atoms. The lowest BCUT2D eigenvalue weighted by molar-refractivity contribution is 1.13. The third kappa shape index (κ3) is 1.72. The Bertz CT molecular complexity index is 1150. The van der Waals surface area contributed by atoms with E-state index < -0.39 is 0 Å². The van der Waals surface area contributed by atoms with Crippen LogP contribution in [0.15, 0.2) is 78.9 Å². The monoisotopic (exact) mass is 294 g/mol. The van der Waals surface area contributed by atoms with E-state index in [1.54, 1.807) is 0 Å². The fourth-order valence-corrected chi connectivity index (χ4v) is 3.48. The highest BCUT2D eigenvalue weighted by atomic mass is 15.1. The quantitative estimate of drug-likeness (QED) is 0.404. The van der Waals surface area contributed by atoms with Gasteiger partial charge in [0.15, 0.2) is 0 Å². The largest absolute Gasteiger partial charge is 0.277 e. The van der Waals surface area contributed by atoms with Crippen LogP contribution < -0.4 is 0 Å². The molecule has 5 rings (SSSR count). The lowest BCUT2D eigenvalue weighted by Crippen LogP contribution is -1.82. The second-order valence-corrected chi connectivity index (χ2v) is 5.78. The second kappa shape index (κ2) is 4.68. The molecule has 23 heavy (non-hydrogen) atoms. The van der Waals surface area contributed by atoms with E-state index in [1.165, 1.54) is 26.9 Å². The van der Waals surface area contributed by atoms with Gasteiger partial charge in [-0.15, -0.1) is 0 Å². The molecule has 0 aliphatic heterocycles. The number of H-pyrrole nitrogens is 1. The summed E-state index contributed by atoms with van der Waals surface area (Å²) in [5.74, 6) is 0. The zero-order valence-corrected chi connectivity index (χ0v) is 12.5. The SMILES string of the molecule is c1ccc(-c2n[nH]c3c4ccccc4c4ccccc4c23)cc1. The van der Waals surface area contributed by atoms with Crippen LogP contribution in [0.2, 0.25) is 0 Å². The summed E-state index contributed by atoms with van der Waals surface area (Å²) in [6, 6.07) is 27.5. The van der Waals surface area contributed by atoms with Crippen LogP contribution in [-0.4, -0.2) is 10.2 Å². The van der Waals surface area contributed by atoms with E-state index in [2.05, 4.69) is 83.0 Å². The lowest BCUT2D eigenvalue weighted by atomic mass is 9.95. The van der Waals surface area contributed by atoms with Gasteiger partial charge in [0.05, 0.1) is 5.52 Å². The molecule has 1 heterocycles. The number of aromatic nitrogens is 2. The number of hydrogen-bond donors (Lipinski definition) is 1. The molecule has 2 nitrogen and oxygen atoms in total. The van der Waals surface area contributed by atoms with Gasteiger partial charge < -0.3 is 0 Å². The average Bonchev–Trinajstić information content (AvgIpc) is 3.08. The van der Waals surface area contributed by atoms with Crippen molar-refractivity contribution < 1.29 is 0 Å². The first-order valence-corrected chi connectivity index (χ1v) is 7.76. The Hall–Kier alpha value is -3.13. The van der Waals surface area contributed by atoms with E-state index in [0.29, 0.717) is 0 Å². The molecule has 1 N–H and O–H groups in total. The van der Waals surface area contributed by atoms with Crippen LogP contribution in [0.3, 0.4) is 0 Å². The van der Waals surface area contributed by atoms with Gasteiger partial charge in [0.25, 0.3) is 0 Å². The minimum absolute atomic E-state index is 1.02. The zero-order chi connectivity index (χ0) is 15.2. The smallest absolute Gasteiger partial charge is 0.101 e. The minimum atomic E-state index is 1.02. The third-order valence-corrected chi connectivity index (χ3v) is 4.50. The van der Waals surface area contributed by atoms with Crippen LogP contribution in [0.5, 0.6) is 0 Å². The molecule has 0 saturated heterocycles. The summed E-state index contributed by atoms with van der Waals surface area (Å²) in [6.45, 7) is 0. The second-order valence-electron chi connectivity index (χ2n) is 5.78. The summed E-state index contributed by atoms with van der Waals surface area (Å²) in [4.78, 5) is 0. The Morgan fingerprint density at radius 1 is 0.565 bits per heavy atom. The van der Waals surface area contributed by atoms with E-state index in [0.717, 1.165) is 16.8 Å². The molecule has 2 heteroatoms. The first-order chi connectivity index (χ1) is 11.4. The standard InChI is InChI=1S/C21H14N2/c1-2-8-14(9-3-1)20-19-17-12-6-4-10-15(17)16-11-5-7-13-18(16)21(19)23-22-20/h1-13H,(H,22,23). The topological polar surface area (TPSA) is 28.7 Å². The van der Waals surface area contributed by atoms with Gasteiger partial charge in [0.2, 0.25) is 0 Å². The molecular weight excluding hydrogens is 280 g/mol. The van der Waals surface area contributed by atoms with Crippen LogP contribution in [0, 0.1) is 0 Å². The van der Waals surface area contributed by atoms with Crippen LogP contribution in [0.25, 0.3) is 43.7 Å². The molecule has 0 amide bonds. The van der Waals surface area contributed by atoms with Crippen LogP contribution in [0.1, 0.15) is 0 Å². The maximum Gasteiger partial charge on any atom is 0.101 e. The summed E-state index contributed by atoms with van der Waals surface area (Å²) in [7, 11) is 0. The molecule has 0 bridgehead atoms. The van der Waals surface area contributed by atoms with Crippen LogP contribution in [0.4, 0.5) is 0 Å². The van der Waals surface area contributed by atoms with Crippen LogP contribution in [-0.2, 0) is 0 Å². The number of aromatic amines is 1. The molecular formula is C21H14N2. The number of hydrogen-bond acceptors (Lipinski definition) is 1. The molecule has 0 unspecified atom stereocenters.